The van der Waals surface area contributed by atoms with Gasteiger partial charge in [0, 0.05) is 0 Å². The maximum Gasteiger partial charge on any atom is 0.460 e. The second-order valence-corrected chi connectivity index (χ2v) is 2.41. The zero-order valence-electron chi connectivity index (χ0n) is 5.91. The number of carboxylic acids is 1. The van der Waals surface area contributed by atoms with Crippen molar-refractivity contribution in [1.82, 2.24) is 0 Å². The minimum Gasteiger partial charge on any atom is -0.475 e. The average molecular weight is 246 g/mol. The molecule has 0 radical (unpaired) electrons. The molecule has 0 aliphatic heterocycles. The molecule has 0 aliphatic rings. The van der Waals surface area contributed by atoms with Crippen LogP contribution in [0.15, 0.2) is 0 Å². The Morgan fingerprint density at radius 3 is 1.71 bits per heavy atom. The number of ether oxygens (including phenoxy) is 1. The predicted octanol–water partition coefficient (Wildman–Crippen LogP) is 2.10. The highest BCUT2D eigenvalue weighted by Gasteiger charge is 2.63. The van der Waals surface area contributed by atoms with E-state index >= 15 is 0 Å². The number of rotatable bonds is 4. The van der Waals surface area contributed by atoms with Gasteiger partial charge in [-0.3, -0.25) is 0 Å². The number of carbonyl (C=O) groups is 1. The third kappa shape index (κ3) is 2.91. The van der Waals surface area contributed by atoms with Crippen molar-refractivity contribution < 1.29 is 41.0 Å². The lowest BCUT2D eigenvalue weighted by Crippen LogP contribution is -2.47. The summed E-state index contributed by atoms with van der Waals surface area (Å²) < 4.78 is 73.1. The van der Waals surface area contributed by atoms with E-state index in [1.54, 1.807) is 0 Å². The van der Waals surface area contributed by atoms with Crippen LogP contribution in [0.25, 0.3) is 0 Å². The van der Waals surface area contributed by atoms with Crippen LogP contribution in [0.2, 0.25) is 0 Å². The minimum absolute atomic E-state index is 2.10. The molecule has 0 aromatic rings. The maximum absolute atomic E-state index is 11.9. The van der Waals surface area contributed by atoms with Crippen molar-refractivity contribution in [2.45, 2.75) is 17.6 Å². The van der Waals surface area contributed by atoms with Gasteiger partial charge in [0.25, 0.3) is 0 Å². The van der Waals surface area contributed by atoms with E-state index in [2.05, 4.69) is 16.3 Å². The first kappa shape index (κ1) is 13.3. The number of aliphatic carboxylic acids is 1. The second-order valence-electron chi connectivity index (χ2n) is 1.94. The summed E-state index contributed by atoms with van der Waals surface area (Å²) in [7, 11) is 0. The van der Waals surface area contributed by atoms with Gasteiger partial charge in [-0.15, -0.1) is 0 Å². The van der Waals surface area contributed by atoms with E-state index < -0.39 is 23.6 Å². The molecule has 0 saturated carbocycles. The Labute approximate surface area is 77.2 Å². The fourth-order valence-corrected chi connectivity index (χ4v) is 0.301. The van der Waals surface area contributed by atoms with Crippen molar-refractivity contribution in [3.63, 3.8) is 0 Å². The zero-order valence-corrected chi connectivity index (χ0v) is 6.67. The molecule has 14 heavy (non-hydrogen) atoms. The highest BCUT2D eigenvalue weighted by Crippen LogP contribution is 2.41. The van der Waals surface area contributed by atoms with Gasteiger partial charge in [-0.1, -0.05) is 0 Å². The SMILES string of the molecule is O=C(O)C(F)(F)OC(F)(F)C(F)(F)Cl. The van der Waals surface area contributed by atoms with E-state index in [1.807, 2.05) is 0 Å². The molecule has 0 saturated heterocycles. The predicted molar refractivity (Wildman–Crippen MR) is 29.4 cm³/mol. The summed E-state index contributed by atoms with van der Waals surface area (Å²) in [6.07, 6.45) is -11.3. The molecule has 0 bridgehead atoms. The van der Waals surface area contributed by atoms with Crippen molar-refractivity contribution in [3.05, 3.63) is 0 Å². The van der Waals surface area contributed by atoms with Crippen molar-refractivity contribution >= 4 is 17.6 Å². The van der Waals surface area contributed by atoms with E-state index in [-0.39, 0.29) is 0 Å². The van der Waals surface area contributed by atoms with E-state index in [0.29, 0.717) is 0 Å². The van der Waals surface area contributed by atoms with Crippen molar-refractivity contribution in [2.24, 2.45) is 0 Å². The topological polar surface area (TPSA) is 46.5 Å². The van der Waals surface area contributed by atoms with Crippen LogP contribution in [0.3, 0.4) is 0 Å². The van der Waals surface area contributed by atoms with Gasteiger partial charge in [-0.2, -0.15) is 26.3 Å². The third-order valence-electron chi connectivity index (χ3n) is 0.835. The summed E-state index contributed by atoms with van der Waals surface area (Å²) in [5, 5.41) is 2.14. The Balaban J connectivity index is 4.76. The summed E-state index contributed by atoms with van der Waals surface area (Å²) in [6, 6.07) is 0. The molecular weight excluding hydrogens is 245 g/mol. The Hall–Kier alpha value is -0.700. The van der Waals surface area contributed by atoms with Crippen molar-refractivity contribution in [2.75, 3.05) is 0 Å². The van der Waals surface area contributed by atoms with Gasteiger partial charge >= 0.3 is 23.6 Å². The lowest BCUT2D eigenvalue weighted by atomic mass is 10.6. The highest BCUT2D eigenvalue weighted by atomic mass is 35.5. The molecule has 0 amide bonds. The lowest BCUT2D eigenvalue weighted by molar-refractivity contribution is -0.403. The van der Waals surface area contributed by atoms with Crippen LogP contribution in [-0.2, 0) is 9.53 Å². The van der Waals surface area contributed by atoms with E-state index in [9.17, 15) is 31.1 Å². The number of hydrogen-bond acceptors (Lipinski definition) is 2. The molecule has 0 spiro atoms. The Kier molecular flexibility index (Phi) is 3.29. The summed E-state index contributed by atoms with van der Waals surface area (Å²) in [6.45, 7) is 0. The minimum atomic E-state index is -5.80. The molecule has 0 unspecified atom stereocenters. The Morgan fingerprint density at radius 2 is 1.50 bits per heavy atom. The van der Waals surface area contributed by atoms with Gasteiger partial charge in [0.1, 0.15) is 0 Å². The summed E-state index contributed by atoms with van der Waals surface area (Å²) in [4.78, 5) is 9.53. The first-order chi connectivity index (χ1) is 5.90. The van der Waals surface area contributed by atoms with Gasteiger partial charge in [0.05, 0.1) is 0 Å². The first-order valence-electron chi connectivity index (χ1n) is 2.66. The average Bonchev–Trinajstić information content (AvgIpc) is 1.80. The molecule has 0 fully saturated rings. The van der Waals surface area contributed by atoms with Crippen LogP contribution < -0.4 is 0 Å². The second kappa shape index (κ2) is 3.46. The first-order valence-corrected chi connectivity index (χ1v) is 3.04. The van der Waals surface area contributed by atoms with Gasteiger partial charge in [-0.25, -0.2) is 9.53 Å². The molecule has 0 aliphatic carbocycles. The summed E-state index contributed by atoms with van der Waals surface area (Å²) >= 11 is 3.70. The van der Waals surface area contributed by atoms with Crippen LogP contribution >= 0.6 is 11.6 Å². The molecule has 3 nitrogen and oxygen atoms in total. The Morgan fingerprint density at radius 1 is 1.14 bits per heavy atom. The smallest absolute Gasteiger partial charge is 0.460 e. The fourth-order valence-electron chi connectivity index (χ4n) is 0.263. The van der Waals surface area contributed by atoms with Crippen molar-refractivity contribution in [1.29, 1.82) is 0 Å². The van der Waals surface area contributed by atoms with Gasteiger partial charge in [0.15, 0.2) is 0 Å². The van der Waals surface area contributed by atoms with Crippen LogP contribution in [0.4, 0.5) is 26.3 Å². The number of hydrogen-bond donors (Lipinski definition) is 1. The molecule has 0 heterocycles. The number of carboxylic acid groups (broad SMARTS) is 1. The van der Waals surface area contributed by atoms with Gasteiger partial charge < -0.3 is 5.11 Å². The van der Waals surface area contributed by atoms with E-state index in [4.69, 9.17) is 5.11 Å². The monoisotopic (exact) mass is 246 g/mol. The molecule has 0 aromatic carbocycles. The fraction of sp³-hybridized carbons (Fsp3) is 0.750. The zero-order chi connectivity index (χ0) is 11.8. The van der Waals surface area contributed by atoms with Crippen molar-refractivity contribution in [3.8, 4) is 0 Å². The molecular formula is C4HClF6O3. The van der Waals surface area contributed by atoms with Crippen LogP contribution in [0.5, 0.6) is 0 Å². The Bertz CT molecular complexity index is 236. The van der Waals surface area contributed by atoms with Crippen LogP contribution in [0, 0.1) is 0 Å². The molecule has 0 rings (SSSR count). The lowest BCUT2D eigenvalue weighted by Gasteiger charge is -2.23. The molecule has 1 N–H and O–H groups in total. The van der Waals surface area contributed by atoms with Gasteiger partial charge in [-0.05, 0) is 11.6 Å². The maximum atomic E-state index is 11.9. The highest BCUT2D eigenvalue weighted by molar-refractivity contribution is 6.22. The number of halogens is 7. The third-order valence-corrected chi connectivity index (χ3v) is 1.06. The number of alkyl halides is 7. The summed E-state index contributed by atoms with van der Waals surface area (Å²) in [5.41, 5.74) is 0. The summed E-state index contributed by atoms with van der Waals surface area (Å²) in [5.74, 6) is -3.14. The van der Waals surface area contributed by atoms with E-state index in [0.717, 1.165) is 0 Å². The standard InChI is InChI=1S/C4HClF6O3/c5-3(8,9)4(10,11)14-2(6,7)1(12)13/h(H,12,13). The molecule has 0 atom stereocenters. The van der Waals surface area contributed by atoms with E-state index in [1.165, 1.54) is 0 Å². The largest absolute Gasteiger partial charge is 0.475 e. The van der Waals surface area contributed by atoms with Gasteiger partial charge in [0.2, 0.25) is 0 Å². The molecule has 0 aromatic heterocycles. The normalized spacial score (nSPS) is 14.2. The quantitative estimate of drug-likeness (QED) is 0.610. The molecule has 10 heteroatoms. The van der Waals surface area contributed by atoms with Crippen LogP contribution in [0.1, 0.15) is 0 Å². The molecule has 84 valence electrons. The van der Waals surface area contributed by atoms with Crippen LogP contribution in [-0.4, -0.2) is 28.7 Å².